The molecule has 1 aromatic carbocycles. The molecule has 0 radical (unpaired) electrons. The Labute approximate surface area is 140 Å². The maximum atomic E-state index is 11.7. The van der Waals surface area contributed by atoms with Crippen LogP contribution in [0, 0.1) is 0 Å². The van der Waals surface area contributed by atoms with Crippen molar-refractivity contribution in [1.82, 2.24) is 9.38 Å². The Kier molecular flexibility index (Phi) is 3.48. The molecule has 0 fully saturated rings. The highest BCUT2D eigenvalue weighted by Crippen LogP contribution is 2.34. The van der Waals surface area contributed by atoms with Crippen LogP contribution < -0.4 is 4.74 Å². The molecule has 0 saturated carbocycles. The summed E-state index contributed by atoms with van der Waals surface area (Å²) >= 11 is 3.11. The van der Waals surface area contributed by atoms with Gasteiger partial charge in [0.05, 0.1) is 17.7 Å². The zero-order valence-corrected chi connectivity index (χ0v) is 13.9. The number of fused-ring (bicyclic) bond motifs is 1. The van der Waals surface area contributed by atoms with E-state index in [1.807, 2.05) is 51.6 Å². The Morgan fingerprint density at radius 1 is 1.22 bits per heavy atom. The first-order valence-corrected chi connectivity index (χ1v) is 8.71. The van der Waals surface area contributed by atoms with Gasteiger partial charge in [0, 0.05) is 10.9 Å². The first-order chi connectivity index (χ1) is 11.3. The number of thiazole rings is 1. The smallest absolute Gasteiger partial charge is 0.195 e. The summed E-state index contributed by atoms with van der Waals surface area (Å²) in [5, 5.41) is 4.00. The average molecular weight is 340 g/mol. The van der Waals surface area contributed by atoms with Gasteiger partial charge in [-0.15, -0.1) is 22.7 Å². The molecule has 0 saturated heterocycles. The van der Waals surface area contributed by atoms with Crippen LogP contribution in [0.3, 0.4) is 0 Å². The highest BCUT2D eigenvalue weighted by molar-refractivity contribution is 7.15. The van der Waals surface area contributed by atoms with Crippen molar-refractivity contribution in [2.75, 3.05) is 7.11 Å². The van der Waals surface area contributed by atoms with Crippen LogP contribution in [-0.4, -0.2) is 22.8 Å². The van der Waals surface area contributed by atoms with Gasteiger partial charge < -0.3 is 4.74 Å². The maximum Gasteiger partial charge on any atom is 0.195 e. The van der Waals surface area contributed by atoms with Crippen LogP contribution in [0.5, 0.6) is 5.75 Å². The van der Waals surface area contributed by atoms with E-state index in [0.29, 0.717) is 5.69 Å². The number of benzene rings is 1. The second-order valence-corrected chi connectivity index (χ2v) is 6.70. The number of carbonyl (C=O) groups is 1. The molecule has 0 aliphatic carbocycles. The van der Waals surface area contributed by atoms with Crippen LogP contribution >= 0.6 is 22.7 Å². The van der Waals surface area contributed by atoms with Crippen molar-refractivity contribution in [3.63, 3.8) is 0 Å². The molecule has 4 rings (SSSR count). The van der Waals surface area contributed by atoms with Crippen molar-refractivity contribution in [2.45, 2.75) is 0 Å². The van der Waals surface area contributed by atoms with E-state index in [1.54, 1.807) is 18.4 Å². The van der Waals surface area contributed by atoms with Crippen LogP contribution in [0.1, 0.15) is 10.5 Å². The van der Waals surface area contributed by atoms with Crippen molar-refractivity contribution in [2.24, 2.45) is 0 Å². The third-order valence-corrected chi connectivity index (χ3v) is 5.33. The van der Waals surface area contributed by atoms with Gasteiger partial charge in [-0.1, -0.05) is 18.2 Å². The molecule has 4 nitrogen and oxygen atoms in total. The van der Waals surface area contributed by atoms with E-state index in [0.717, 1.165) is 38.8 Å². The van der Waals surface area contributed by atoms with Gasteiger partial charge in [0.15, 0.2) is 11.2 Å². The second-order valence-electron chi connectivity index (χ2n) is 4.91. The van der Waals surface area contributed by atoms with Crippen LogP contribution in [0.15, 0.2) is 47.2 Å². The summed E-state index contributed by atoms with van der Waals surface area (Å²) in [5.41, 5.74) is 3.27. The number of hydrogen-bond acceptors (Lipinski definition) is 5. The summed E-state index contributed by atoms with van der Waals surface area (Å²) in [6, 6.07) is 11.7. The summed E-state index contributed by atoms with van der Waals surface area (Å²) in [6.45, 7) is 0. The Morgan fingerprint density at radius 2 is 2.13 bits per heavy atom. The maximum absolute atomic E-state index is 11.7. The van der Waals surface area contributed by atoms with E-state index in [-0.39, 0.29) is 0 Å². The summed E-state index contributed by atoms with van der Waals surface area (Å²) in [7, 11) is 1.64. The zero-order chi connectivity index (χ0) is 15.8. The van der Waals surface area contributed by atoms with Crippen molar-refractivity contribution >= 4 is 33.9 Å². The normalized spacial score (nSPS) is 11.0. The van der Waals surface area contributed by atoms with E-state index in [2.05, 4.69) is 4.98 Å². The fraction of sp³-hybridized carbons (Fsp3) is 0.0588. The molecule has 0 amide bonds. The lowest BCUT2D eigenvalue weighted by molar-refractivity contribution is 0.111. The third-order valence-electron chi connectivity index (χ3n) is 3.63. The molecule has 114 valence electrons. The van der Waals surface area contributed by atoms with Gasteiger partial charge in [-0.2, -0.15) is 0 Å². The molecule has 3 heterocycles. The number of nitrogens with zero attached hydrogens (tertiary/aromatic N) is 2. The fourth-order valence-corrected chi connectivity index (χ4v) is 4.19. The molecule has 0 spiro atoms. The number of ether oxygens (including phenoxy) is 1. The standard InChI is InChI=1S/C17H12N2O2S2/c1-21-12-5-2-4-11(8-12)14-10-23-17-18-16(13(9-20)19(14)17)15-6-3-7-22-15/h2-10H,1H3. The molecule has 4 aromatic rings. The Bertz CT molecular complexity index is 984. The Hall–Kier alpha value is -2.44. The number of rotatable bonds is 4. The van der Waals surface area contributed by atoms with E-state index in [9.17, 15) is 4.79 Å². The SMILES string of the molecule is COc1cccc(-c2csc3nc(-c4cccs4)c(C=O)n23)c1. The number of aromatic nitrogens is 2. The largest absolute Gasteiger partial charge is 0.497 e. The Balaban J connectivity index is 1.96. The van der Waals surface area contributed by atoms with Crippen LogP contribution in [0.4, 0.5) is 0 Å². The van der Waals surface area contributed by atoms with Crippen molar-refractivity contribution < 1.29 is 9.53 Å². The summed E-state index contributed by atoms with van der Waals surface area (Å²) in [5.74, 6) is 0.785. The molecule has 6 heteroatoms. The lowest BCUT2D eigenvalue weighted by Crippen LogP contribution is -1.94. The Morgan fingerprint density at radius 3 is 2.87 bits per heavy atom. The summed E-state index contributed by atoms with van der Waals surface area (Å²) in [6.07, 6.45) is 0.880. The molecular weight excluding hydrogens is 328 g/mol. The summed E-state index contributed by atoms with van der Waals surface area (Å²) < 4.78 is 7.21. The molecule has 0 unspecified atom stereocenters. The third kappa shape index (κ3) is 2.27. The average Bonchev–Trinajstić information content (AvgIpc) is 3.30. The molecule has 0 atom stereocenters. The van der Waals surface area contributed by atoms with Gasteiger partial charge in [-0.05, 0) is 23.6 Å². The molecular formula is C17H12N2O2S2. The summed E-state index contributed by atoms with van der Waals surface area (Å²) in [4.78, 5) is 18.2. The van der Waals surface area contributed by atoms with Gasteiger partial charge >= 0.3 is 0 Å². The van der Waals surface area contributed by atoms with Crippen LogP contribution in [0.2, 0.25) is 0 Å². The van der Waals surface area contributed by atoms with Crippen molar-refractivity contribution in [3.8, 4) is 27.6 Å². The lowest BCUT2D eigenvalue weighted by atomic mass is 10.1. The first-order valence-electron chi connectivity index (χ1n) is 6.95. The number of aldehydes is 1. The number of imidazole rings is 1. The van der Waals surface area contributed by atoms with E-state index < -0.39 is 0 Å². The number of thiophene rings is 1. The highest BCUT2D eigenvalue weighted by Gasteiger charge is 2.19. The number of methoxy groups -OCH3 is 1. The minimum Gasteiger partial charge on any atom is -0.497 e. The van der Waals surface area contributed by atoms with E-state index >= 15 is 0 Å². The van der Waals surface area contributed by atoms with Gasteiger partial charge in [0.2, 0.25) is 0 Å². The molecule has 0 N–H and O–H groups in total. The zero-order valence-electron chi connectivity index (χ0n) is 12.2. The van der Waals surface area contributed by atoms with Gasteiger partial charge in [0.1, 0.15) is 17.1 Å². The van der Waals surface area contributed by atoms with Crippen molar-refractivity contribution in [1.29, 1.82) is 0 Å². The highest BCUT2D eigenvalue weighted by atomic mass is 32.1. The minimum absolute atomic E-state index is 0.585. The number of carbonyl (C=O) groups excluding carboxylic acids is 1. The van der Waals surface area contributed by atoms with Gasteiger partial charge in [-0.25, -0.2) is 4.98 Å². The quantitative estimate of drug-likeness (QED) is 0.509. The predicted molar refractivity (Wildman–Crippen MR) is 93.8 cm³/mol. The van der Waals surface area contributed by atoms with Gasteiger partial charge in [-0.3, -0.25) is 9.20 Å². The lowest BCUT2D eigenvalue weighted by Gasteiger charge is -2.04. The van der Waals surface area contributed by atoms with E-state index in [4.69, 9.17) is 4.74 Å². The molecule has 0 aliphatic heterocycles. The number of hydrogen-bond donors (Lipinski definition) is 0. The van der Waals surface area contributed by atoms with Gasteiger partial charge in [0.25, 0.3) is 0 Å². The fourth-order valence-electron chi connectivity index (χ4n) is 2.57. The topological polar surface area (TPSA) is 43.6 Å². The molecule has 23 heavy (non-hydrogen) atoms. The predicted octanol–water partition coefficient (Wildman–Crippen LogP) is 4.61. The van der Waals surface area contributed by atoms with Crippen LogP contribution in [-0.2, 0) is 0 Å². The second kappa shape index (κ2) is 5.64. The minimum atomic E-state index is 0.585. The molecule has 0 bridgehead atoms. The molecule has 0 aliphatic rings. The monoisotopic (exact) mass is 340 g/mol. The van der Waals surface area contributed by atoms with Crippen LogP contribution in [0.25, 0.3) is 26.8 Å². The van der Waals surface area contributed by atoms with Crippen molar-refractivity contribution in [3.05, 3.63) is 52.9 Å². The molecule has 3 aromatic heterocycles. The van der Waals surface area contributed by atoms with E-state index in [1.165, 1.54) is 11.3 Å². The first kappa shape index (κ1) is 14.2.